The molecule has 0 saturated heterocycles. The van der Waals surface area contributed by atoms with Crippen molar-refractivity contribution in [3.8, 4) is 5.88 Å². The Morgan fingerprint density at radius 1 is 1.60 bits per heavy atom. The van der Waals surface area contributed by atoms with Crippen molar-refractivity contribution in [2.75, 3.05) is 6.54 Å². The van der Waals surface area contributed by atoms with E-state index in [4.69, 9.17) is 16.3 Å². The van der Waals surface area contributed by atoms with Gasteiger partial charge in [-0.3, -0.25) is 4.79 Å². The van der Waals surface area contributed by atoms with Crippen molar-refractivity contribution in [1.29, 1.82) is 0 Å². The highest BCUT2D eigenvalue weighted by atomic mass is 35.5. The van der Waals surface area contributed by atoms with Gasteiger partial charge in [0.25, 0.3) is 5.91 Å². The molecule has 0 aliphatic heterocycles. The Kier molecular flexibility index (Phi) is 4.50. The Balaban J connectivity index is 1.97. The van der Waals surface area contributed by atoms with E-state index < -0.39 is 5.60 Å². The average Bonchev–Trinajstić information content (AvgIpc) is 2.35. The average molecular weight is 299 g/mol. The summed E-state index contributed by atoms with van der Waals surface area (Å²) >= 11 is 6.03. The fourth-order valence-electron chi connectivity index (χ4n) is 1.97. The zero-order valence-corrected chi connectivity index (χ0v) is 12.4. The Morgan fingerprint density at radius 2 is 2.30 bits per heavy atom. The number of aliphatic hydroxyl groups is 1. The third kappa shape index (κ3) is 3.61. The zero-order chi connectivity index (χ0) is 14.8. The topological polar surface area (TPSA) is 71.5 Å². The molecule has 5 nitrogen and oxygen atoms in total. The first-order chi connectivity index (χ1) is 9.39. The molecule has 1 aromatic rings. The maximum atomic E-state index is 12.0. The summed E-state index contributed by atoms with van der Waals surface area (Å²) in [6.45, 7) is 4.00. The summed E-state index contributed by atoms with van der Waals surface area (Å²) in [4.78, 5) is 16.0. The number of ether oxygens (including phenoxy) is 1. The van der Waals surface area contributed by atoms with Crippen molar-refractivity contribution in [3.05, 3.63) is 22.8 Å². The van der Waals surface area contributed by atoms with Gasteiger partial charge in [-0.1, -0.05) is 11.6 Å². The number of carbonyl (C=O) groups is 1. The van der Waals surface area contributed by atoms with E-state index in [1.54, 1.807) is 0 Å². The molecule has 6 heteroatoms. The van der Waals surface area contributed by atoms with E-state index >= 15 is 0 Å². The number of aromatic nitrogens is 1. The smallest absolute Gasteiger partial charge is 0.253 e. The minimum atomic E-state index is -0.742. The summed E-state index contributed by atoms with van der Waals surface area (Å²) in [5.41, 5.74) is -0.387. The summed E-state index contributed by atoms with van der Waals surface area (Å²) in [6.07, 6.45) is 3.85. The Labute approximate surface area is 123 Å². The minimum absolute atomic E-state index is 0.0347. The lowest BCUT2D eigenvalue weighted by Crippen LogP contribution is -2.47. The first-order valence-electron chi connectivity index (χ1n) is 6.72. The molecule has 0 unspecified atom stereocenters. The van der Waals surface area contributed by atoms with Gasteiger partial charge in [-0.15, -0.1) is 0 Å². The molecule has 1 heterocycles. The number of hydrogen-bond acceptors (Lipinski definition) is 4. The quantitative estimate of drug-likeness (QED) is 0.874. The van der Waals surface area contributed by atoms with Crippen LogP contribution >= 0.6 is 11.6 Å². The number of nitrogens with one attached hydrogen (secondary N) is 1. The van der Waals surface area contributed by atoms with Crippen LogP contribution in [0.2, 0.25) is 5.02 Å². The number of halogens is 1. The molecule has 1 fully saturated rings. The first kappa shape index (κ1) is 15.1. The van der Waals surface area contributed by atoms with Crippen LogP contribution in [0.4, 0.5) is 0 Å². The second kappa shape index (κ2) is 5.97. The monoisotopic (exact) mass is 298 g/mol. The van der Waals surface area contributed by atoms with Gasteiger partial charge in [0, 0.05) is 12.7 Å². The summed E-state index contributed by atoms with van der Waals surface area (Å²) in [7, 11) is 0. The van der Waals surface area contributed by atoms with Crippen LogP contribution in [0.3, 0.4) is 0 Å². The molecule has 110 valence electrons. The summed E-state index contributed by atoms with van der Waals surface area (Å²) in [5.74, 6) is 0.0201. The lowest BCUT2D eigenvalue weighted by atomic mass is 9.80. The van der Waals surface area contributed by atoms with Crippen LogP contribution in [-0.4, -0.2) is 34.2 Å². The van der Waals surface area contributed by atoms with E-state index in [2.05, 4.69) is 10.3 Å². The molecule has 1 amide bonds. The minimum Gasteiger partial charge on any atom is -0.474 e. The van der Waals surface area contributed by atoms with Gasteiger partial charge in [-0.05, 0) is 39.2 Å². The third-order valence-electron chi connectivity index (χ3n) is 3.28. The molecule has 2 N–H and O–H groups in total. The van der Waals surface area contributed by atoms with Gasteiger partial charge in [0.1, 0.15) is 5.02 Å². The van der Waals surface area contributed by atoms with Crippen molar-refractivity contribution < 1.29 is 14.6 Å². The van der Waals surface area contributed by atoms with Crippen molar-refractivity contribution in [3.63, 3.8) is 0 Å². The normalized spacial score (nSPS) is 16.6. The number of amides is 1. The van der Waals surface area contributed by atoms with Gasteiger partial charge in [-0.2, -0.15) is 0 Å². The predicted molar refractivity (Wildman–Crippen MR) is 76.1 cm³/mol. The van der Waals surface area contributed by atoms with Crippen molar-refractivity contribution in [2.45, 2.75) is 44.8 Å². The fourth-order valence-corrected chi connectivity index (χ4v) is 2.18. The van der Waals surface area contributed by atoms with Gasteiger partial charge >= 0.3 is 0 Å². The predicted octanol–water partition coefficient (Wildman–Crippen LogP) is 2.17. The summed E-state index contributed by atoms with van der Waals surface area (Å²) in [5, 5.41) is 12.9. The maximum Gasteiger partial charge on any atom is 0.253 e. The largest absolute Gasteiger partial charge is 0.474 e. The fraction of sp³-hybridized carbons (Fsp3) is 0.571. The van der Waals surface area contributed by atoms with Gasteiger partial charge in [0.15, 0.2) is 0 Å². The molecule has 2 rings (SSSR count). The van der Waals surface area contributed by atoms with Gasteiger partial charge < -0.3 is 15.2 Å². The molecular weight excluding hydrogens is 280 g/mol. The Bertz CT molecular complexity index is 501. The second-order valence-electron chi connectivity index (χ2n) is 5.44. The zero-order valence-electron chi connectivity index (χ0n) is 11.6. The third-order valence-corrected chi connectivity index (χ3v) is 3.55. The summed E-state index contributed by atoms with van der Waals surface area (Å²) in [6, 6.07) is 1.52. The molecule has 0 radical (unpaired) electrons. The van der Waals surface area contributed by atoms with Gasteiger partial charge in [0.05, 0.1) is 17.3 Å². The van der Waals surface area contributed by atoms with E-state index in [0.717, 1.165) is 19.3 Å². The van der Waals surface area contributed by atoms with E-state index in [1.165, 1.54) is 12.3 Å². The van der Waals surface area contributed by atoms with Crippen LogP contribution in [-0.2, 0) is 0 Å². The van der Waals surface area contributed by atoms with Crippen molar-refractivity contribution in [2.24, 2.45) is 0 Å². The lowest BCUT2D eigenvalue weighted by Gasteiger charge is -2.36. The van der Waals surface area contributed by atoms with Gasteiger partial charge in [-0.25, -0.2) is 4.98 Å². The van der Waals surface area contributed by atoms with Crippen LogP contribution in [0.25, 0.3) is 0 Å². The molecule has 0 spiro atoms. The molecule has 0 atom stereocenters. The van der Waals surface area contributed by atoms with Crippen molar-refractivity contribution >= 4 is 17.5 Å². The number of carbonyl (C=O) groups excluding carboxylic acids is 1. The highest BCUT2D eigenvalue weighted by molar-refractivity contribution is 6.32. The Morgan fingerprint density at radius 3 is 2.80 bits per heavy atom. The van der Waals surface area contributed by atoms with Crippen LogP contribution in [0.5, 0.6) is 5.88 Å². The number of rotatable bonds is 5. The van der Waals surface area contributed by atoms with Crippen molar-refractivity contribution in [1.82, 2.24) is 10.3 Å². The lowest BCUT2D eigenvalue weighted by molar-refractivity contribution is -0.0300. The molecule has 1 aliphatic carbocycles. The second-order valence-corrected chi connectivity index (χ2v) is 5.85. The van der Waals surface area contributed by atoms with E-state index in [-0.39, 0.29) is 18.6 Å². The van der Waals surface area contributed by atoms with E-state index in [0.29, 0.717) is 16.5 Å². The highest BCUT2D eigenvalue weighted by Gasteiger charge is 2.34. The molecule has 1 aromatic heterocycles. The van der Waals surface area contributed by atoms with Crippen LogP contribution in [0, 0.1) is 0 Å². The molecule has 20 heavy (non-hydrogen) atoms. The molecule has 1 saturated carbocycles. The molecule has 0 bridgehead atoms. The standard InChI is InChI=1S/C14H19ClN2O3/c1-9(2)20-13-11(15)6-10(7-16-13)12(18)17-8-14(19)4-3-5-14/h6-7,9,19H,3-5,8H2,1-2H3,(H,17,18). The van der Waals surface area contributed by atoms with Crippen LogP contribution in [0.15, 0.2) is 12.3 Å². The molecule has 0 aromatic carbocycles. The number of nitrogens with zero attached hydrogens (tertiary/aromatic N) is 1. The molecular formula is C14H19ClN2O3. The highest BCUT2D eigenvalue weighted by Crippen LogP contribution is 2.30. The number of pyridine rings is 1. The Hall–Kier alpha value is -1.33. The van der Waals surface area contributed by atoms with Crippen LogP contribution < -0.4 is 10.1 Å². The SMILES string of the molecule is CC(C)Oc1ncc(C(=O)NCC2(O)CCC2)cc1Cl. The van der Waals surface area contributed by atoms with Gasteiger partial charge in [0.2, 0.25) is 5.88 Å². The van der Waals surface area contributed by atoms with E-state index in [9.17, 15) is 9.90 Å². The summed E-state index contributed by atoms with van der Waals surface area (Å²) < 4.78 is 5.41. The maximum absolute atomic E-state index is 12.0. The van der Waals surface area contributed by atoms with E-state index in [1.807, 2.05) is 13.8 Å². The first-order valence-corrected chi connectivity index (χ1v) is 7.10. The molecule has 1 aliphatic rings. The van der Waals surface area contributed by atoms with Crippen LogP contribution in [0.1, 0.15) is 43.5 Å². The number of hydrogen-bond donors (Lipinski definition) is 2.